The summed E-state index contributed by atoms with van der Waals surface area (Å²) in [5.74, 6) is -1.09. The van der Waals surface area contributed by atoms with Gasteiger partial charge in [-0.05, 0) is 31.0 Å². The second-order valence-corrected chi connectivity index (χ2v) is 6.52. The standard InChI is InChI=1S/C20H19NO3/c22-18-13-7-5-11-16(18)20(24)15-10-4-6-12-17(15)21(19(20)23)14-8-2-1-3-9-14/h1-4,6,8-10,12,16,24H,5,7,11,13H2/t16-,20+/m1/s1. The smallest absolute Gasteiger partial charge is 0.268 e. The fourth-order valence-electron chi connectivity index (χ4n) is 3.98. The van der Waals surface area contributed by atoms with Gasteiger partial charge in [-0.2, -0.15) is 0 Å². The largest absolute Gasteiger partial charge is 0.375 e. The maximum atomic E-state index is 13.3. The van der Waals surface area contributed by atoms with Crippen LogP contribution in [0.1, 0.15) is 31.2 Å². The SMILES string of the molecule is O=C1CCCC[C@H]1[C@]1(O)C(=O)N(c2ccccc2)c2ccccc21. The van der Waals surface area contributed by atoms with E-state index in [2.05, 4.69) is 0 Å². The van der Waals surface area contributed by atoms with E-state index in [-0.39, 0.29) is 5.78 Å². The van der Waals surface area contributed by atoms with E-state index < -0.39 is 17.4 Å². The van der Waals surface area contributed by atoms with Crippen molar-refractivity contribution < 1.29 is 14.7 Å². The molecule has 0 radical (unpaired) electrons. The van der Waals surface area contributed by atoms with Crippen LogP contribution in [-0.4, -0.2) is 16.8 Å². The van der Waals surface area contributed by atoms with E-state index in [0.717, 1.165) is 12.8 Å². The van der Waals surface area contributed by atoms with Crippen LogP contribution < -0.4 is 4.90 Å². The Balaban J connectivity index is 1.88. The maximum Gasteiger partial charge on any atom is 0.268 e. The molecule has 1 heterocycles. The summed E-state index contributed by atoms with van der Waals surface area (Å²) in [5.41, 5.74) is 0.145. The van der Waals surface area contributed by atoms with Crippen LogP contribution in [0.15, 0.2) is 54.6 Å². The molecule has 0 saturated heterocycles. The number of amides is 1. The average molecular weight is 321 g/mol. The molecule has 4 rings (SSSR count). The molecule has 4 heteroatoms. The Morgan fingerprint density at radius 1 is 0.958 bits per heavy atom. The van der Waals surface area contributed by atoms with Crippen LogP contribution in [0.4, 0.5) is 11.4 Å². The number of anilines is 2. The molecule has 2 aromatic rings. The highest BCUT2D eigenvalue weighted by atomic mass is 16.3. The molecule has 24 heavy (non-hydrogen) atoms. The van der Waals surface area contributed by atoms with Crippen LogP contribution in [0.5, 0.6) is 0 Å². The van der Waals surface area contributed by atoms with E-state index in [1.165, 1.54) is 4.90 Å². The van der Waals surface area contributed by atoms with Gasteiger partial charge in [0.05, 0.1) is 11.6 Å². The molecule has 1 aliphatic heterocycles. The first-order valence-corrected chi connectivity index (χ1v) is 8.38. The van der Waals surface area contributed by atoms with Crippen LogP contribution in [-0.2, 0) is 15.2 Å². The summed E-state index contributed by atoms with van der Waals surface area (Å²) < 4.78 is 0. The molecule has 2 aromatic carbocycles. The molecule has 1 N–H and O–H groups in total. The lowest BCUT2D eigenvalue weighted by molar-refractivity contribution is -0.151. The molecule has 0 aromatic heterocycles. The number of nitrogens with zero attached hydrogens (tertiary/aromatic N) is 1. The van der Waals surface area contributed by atoms with Crippen LogP contribution in [0.25, 0.3) is 0 Å². The summed E-state index contributed by atoms with van der Waals surface area (Å²) in [5, 5.41) is 11.4. The van der Waals surface area contributed by atoms with E-state index in [4.69, 9.17) is 0 Å². The predicted octanol–water partition coefficient (Wildman–Crippen LogP) is 3.31. The predicted molar refractivity (Wildman–Crippen MR) is 90.9 cm³/mol. The third kappa shape index (κ3) is 2.03. The van der Waals surface area contributed by atoms with Crippen molar-refractivity contribution in [1.29, 1.82) is 0 Å². The van der Waals surface area contributed by atoms with Gasteiger partial charge >= 0.3 is 0 Å². The summed E-state index contributed by atoms with van der Waals surface area (Å²) in [7, 11) is 0. The number of carbonyl (C=O) groups excluding carboxylic acids is 2. The van der Waals surface area contributed by atoms with Crippen LogP contribution in [0.2, 0.25) is 0 Å². The van der Waals surface area contributed by atoms with Crippen LogP contribution in [0.3, 0.4) is 0 Å². The third-order valence-corrected chi connectivity index (χ3v) is 5.16. The molecule has 0 spiro atoms. The molecule has 4 nitrogen and oxygen atoms in total. The van der Waals surface area contributed by atoms with Gasteiger partial charge in [-0.3, -0.25) is 14.5 Å². The van der Waals surface area contributed by atoms with Crippen molar-refractivity contribution >= 4 is 23.1 Å². The Hall–Kier alpha value is -2.46. The first kappa shape index (κ1) is 15.1. The molecule has 2 atom stereocenters. The highest BCUT2D eigenvalue weighted by Crippen LogP contribution is 2.50. The minimum atomic E-state index is -1.76. The lowest BCUT2D eigenvalue weighted by atomic mass is 9.73. The lowest BCUT2D eigenvalue weighted by Crippen LogP contribution is -2.48. The molecule has 122 valence electrons. The van der Waals surface area contributed by atoms with Crippen molar-refractivity contribution in [2.45, 2.75) is 31.3 Å². The molecule has 0 bridgehead atoms. The van der Waals surface area contributed by atoms with Gasteiger partial charge in [0.15, 0.2) is 5.60 Å². The summed E-state index contributed by atoms with van der Waals surface area (Å²) in [6, 6.07) is 16.5. The Morgan fingerprint density at radius 3 is 2.42 bits per heavy atom. The van der Waals surface area contributed by atoms with E-state index in [0.29, 0.717) is 29.8 Å². The monoisotopic (exact) mass is 321 g/mol. The zero-order valence-corrected chi connectivity index (χ0v) is 13.3. The number of para-hydroxylation sites is 2. The number of benzene rings is 2. The van der Waals surface area contributed by atoms with Gasteiger partial charge in [-0.1, -0.05) is 42.8 Å². The van der Waals surface area contributed by atoms with Gasteiger partial charge in [-0.25, -0.2) is 0 Å². The van der Waals surface area contributed by atoms with Crippen molar-refractivity contribution in [3.8, 4) is 0 Å². The molecular weight excluding hydrogens is 302 g/mol. The second kappa shape index (κ2) is 5.56. The Labute approximate surface area is 140 Å². The molecular formula is C20H19NO3. The Bertz CT molecular complexity index is 802. The van der Waals surface area contributed by atoms with Gasteiger partial charge in [0, 0.05) is 17.7 Å². The van der Waals surface area contributed by atoms with Gasteiger partial charge < -0.3 is 5.11 Å². The minimum Gasteiger partial charge on any atom is -0.375 e. The molecule has 2 aliphatic rings. The second-order valence-electron chi connectivity index (χ2n) is 6.52. The number of Topliss-reactive ketones (excluding diaryl/α,β-unsaturated/α-hetero) is 1. The zero-order chi connectivity index (χ0) is 16.7. The summed E-state index contributed by atoms with van der Waals surface area (Å²) in [6.07, 6.45) is 2.69. The zero-order valence-electron chi connectivity index (χ0n) is 13.3. The number of ketones is 1. The summed E-state index contributed by atoms with van der Waals surface area (Å²) >= 11 is 0. The van der Waals surface area contributed by atoms with E-state index in [1.54, 1.807) is 12.1 Å². The third-order valence-electron chi connectivity index (χ3n) is 5.16. The van der Waals surface area contributed by atoms with Crippen molar-refractivity contribution in [2.75, 3.05) is 4.90 Å². The number of hydrogen-bond donors (Lipinski definition) is 1. The lowest BCUT2D eigenvalue weighted by Gasteiger charge is -2.33. The topological polar surface area (TPSA) is 57.6 Å². The van der Waals surface area contributed by atoms with Crippen LogP contribution >= 0.6 is 0 Å². The van der Waals surface area contributed by atoms with Crippen molar-refractivity contribution in [3.63, 3.8) is 0 Å². The van der Waals surface area contributed by atoms with E-state index in [9.17, 15) is 14.7 Å². The molecule has 0 unspecified atom stereocenters. The number of rotatable bonds is 2. The fraction of sp³-hybridized carbons (Fsp3) is 0.300. The van der Waals surface area contributed by atoms with E-state index >= 15 is 0 Å². The van der Waals surface area contributed by atoms with Crippen LogP contribution in [0, 0.1) is 5.92 Å². The summed E-state index contributed by atoms with van der Waals surface area (Å²) in [6.45, 7) is 0. The molecule has 1 aliphatic carbocycles. The maximum absolute atomic E-state index is 13.3. The molecule has 1 saturated carbocycles. The highest BCUT2D eigenvalue weighted by molar-refractivity contribution is 6.13. The quantitative estimate of drug-likeness (QED) is 0.923. The number of aliphatic hydroxyl groups is 1. The Kier molecular flexibility index (Phi) is 3.50. The molecule has 1 amide bonds. The Morgan fingerprint density at radius 2 is 1.67 bits per heavy atom. The van der Waals surface area contributed by atoms with Crippen molar-refractivity contribution in [2.24, 2.45) is 5.92 Å². The van der Waals surface area contributed by atoms with E-state index in [1.807, 2.05) is 42.5 Å². The highest BCUT2D eigenvalue weighted by Gasteiger charge is 2.57. The number of fused-ring (bicyclic) bond motifs is 1. The van der Waals surface area contributed by atoms with Gasteiger partial charge in [0.25, 0.3) is 5.91 Å². The normalized spacial score (nSPS) is 26.5. The fourth-order valence-corrected chi connectivity index (χ4v) is 3.98. The average Bonchev–Trinajstić information content (AvgIpc) is 2.85. The molecule has 1 fully saturated rings. The van der Waals surface area contributed by atoms with Gasteiger partial charge in [-0.15, -0.1) is 0 Å². The van der Waals surface area contributed by atoms with Crippen molar-refractivity contribution in [3.05, 3.63) is 60.2 Å². The van der Waals surface area contributed by atoms with Gasteiger partial charge in [0.1, 0.15) is 5.78 Å². The van der Waals surface area contributed by atoms with Gasteiger partial charge in [0.2, 0.25) is 0 Å². The first-order valence-electron chi connectivity index (χ1n) is 8.38. The van der Waals surface area contributed by atoms with Crippen molar-refractivity contribution in [1.82, 2.24) is 0 Å². The first-order chi connectivity index (χ1) is 11.6. The minimum absolute atomic E-state index is 0.0122. The summed E-state index contributed by atoms with van der Waals surface area (Å²) in [4.78, 5) is 27.2. The number of hydrogen-bond acceptors (Lipinski definition) is 3. The number of carbonyl (C=O) groups is 2.